The van der Waals surface area contributed by atoms with Crippen LogP contribution in [-0.2, 0) is 19.1 Å². The van der Waals surface area contributed by atoms with Crippen LogP contribution < -0.4 is 11.1 Å². The van der Waals surface area contributed by atoms with Crippen LogP contribution in [-0.4, -0.2) is 93.3 Å². The summed E-state index contributed by atoms with van der Waals surface area (Å²) in [4.78, 5) is 36.4. The van der Waals surface area contributed by atoms with Gasteiger partial charge in [0, 0.05) is 55.0 Å². The van der Waals surface area contributed by atoms with Gasteiger partial charge < -0.3 is 30.9 Å². The molecule has 1 amide bonds. The minimum atomic E-state index is -5.08. The lowest BCUT2D eigenvalue weighted by atomic mass is 10.1. The number of aliphatic carboxylic acids is 2. The van der Waals surface area contributed by atoms with Crippen LogP contribution in [0.3, 0.4) is 0 Å². The second-order valence-corrected chi connectivity index (χ2v) is 8.07. The zero-order valence-corrected chi connectivity index (χ0v) is 20.9. The van der Waals surface area contributed by atoms with E-state index in [4.69, 9.17) is 30.3 Å². The van der Waals surface area contributed by atoms with Crippen LogP contribution in [0, 0.1) is 0 Å². The van der Waals surface area contributed by atoms with Crippen LogP contribution in [0.4, 0.5) is 37.8 Å². The summed E-state index contributed by atoms with van der Waals surface area (Å²) in [6.07, 6.45) is -8.03. The standard InChI is InChI=1S/C19H22N6O2.2C2HF3O2/c20-18-12-16(21-5-4-19(26)25-7-9-27-10-8-25)14-2-1-13(11-17(14)23-18)15-3-6-22-24-15;2*3-2(4,5)1(6)7/h1-3,6,11-12H,4-5,7-10H2,(H,22,24)(H3,20,21,23);2*(H,6,7). The number of carboxylic acids is 2. The number of alkyl halides is 6. The number of nitrogens with one attached hydrogen (secondary N) is 2. The second-order valence-electron chi connectivity index (χ2n) is 8.07. The van der Waals surface area contributed by atoms with E-state index >= 15 is 0 Å². The molecule has 0 unspecified atom stereocenters. The van der Waals surface area contributed by atoms with Gasteiger partial charge in [0.25, 0.3) is 0 Å². The van der Waals surface area contributed by atoms with Crippen molar-refractivity contribution in [1.29, 1.82) is 0 Å². The molecule has 1 aromatic carbocycles. The molecular weight excluding hydrogens is 570 g/mol. The lowest BCUT2D eigenvalue weighted by Gasteiger charge is -2.27. The van der Waals surface area contributed by atoms with Gasteiger partial charge in [0.2, 0.25) is 5.91 Å². The molecule has 6 N–H and O–H groups in total. The number of aromatic nitrogens is 3. The molecule has 224 valence electrons. The van der Waals surface area contributed by atoms with E-state index < -0.39 is 24.3 Å². The monoisotopic (exact) mass is 594 g/mol. The molecule has 3 aromatic rings. The smallest absolute Gasteiger partial charge is 0.475 e. The number of carboxylic acid groups (broad SMARTS) is 2. The topological polar surface area (TPSA) is 184 Å². The molecule has 41 heavy (non-hydrogen) atoms. The number of nitrogen functional groups attached to an aromatic ring is 1. The summed E-state index contributed by atoms with van der Waals surface area (Å²) in [6.45, 7) is 3.10. The fraction of sp³-hybridized carbons (Fsp3) is 0.348. The van der Waals surface area contributed by atoms with Crippen molar-refractivity contribution in [3.8, 4) is 11.3 Å². The third-order valence-corrected chi connectivity index (χ3v) is 5.14. The van der Waals surface area contributed by atoms with Gasteiger partial charge in [0.15, 0.2) is 0 Å². The number of fused-ring (bicyclic) bond motifs is 1. The van der Waals surface area contributed by atoms with Crippen LogP contribution >= 0.6 is 0 Å². The highest BCUT2D eigenvalue weighted by Gasteiger charge is 2.38. The van der Waals surface area contributed by atoms with Gasteiger partial charge in [-0.05, 0) is 12.1 Å². The molecular formula is C23H24F6N6O6. The lowest BCUT2D eigenvalue weighted by Crippen LogP contribution is -2.41. The van der Waals surface area contributed by atoms with Crippen LogP contribution in [0.25, 0.3) is 22.2 Å². The third-order valence-electron chi connectivity index (χ3n) is 5.14. The fourth-order valence-corrected chi connectivity index (χ4v) is 3.25. The summed E-state index contributed by atoms with van der Waals surface area (Å²) in [5.74, 6) is -4.94. The number of pyridine rings is 1. The van der Waals surface area contributed by atoms with Gasteiger partial charge in [0.05, 0.1) is 24.4 Å². The number of benzene rings is 1. The summed E-state index contributed by atoms with van der Waals surface area (Å²) in [6, 6.07) is 9.70. The molecule has 3 heterocycles. The molecule has 18 heteroatoms. The summed E-state index contributed by atoms with van der Waals surface area (Å²) in [5.41, 5.74) is 9.57. The number of nitrogens with zero attached hydrogens (tertiary/aromatic N) is 3. The first kappa shape index (κ1) is 32.6. The van der Waals surface area contributed by atoms with Gasteiger partial charge in [-0.2, -0.15) is 31.4 Å². The number of carbonyl (C=O) groups is 3. The molecule has 2 aromatic heterocycles. The number of morpholine rings is 1. The average Bonchev–Trinajstić information content (AvgIpc) is 3.43. The first-order valence-corrected chi connectivity index (χ1v) is 11.5. The maximum atomic E-state index is 12.3. The SMILES string of the molecule is Nc1cc(NCCC(=O)N2CCOCC2)c2ccc(-c3ccn[nH]3)cc2n1.O=C(O)C(F)(F)F.O=C(O)C(F)(F)F. The van der Waals surface area contributed by atoms with Crippen molar-refractivity contribution >= 4 is 40.3 Å². The fourth-order valence-electron chi connectivity index (χ4n) is 3.25. The molecule has 0 radical (unpaired) electrons. The molecule has 1 aliphatic rings. The second kappa shape index (κ2) is 14.1. The molecule has 0 spiro atoms. The Labute approximate surface area is 227 Å². The molecule has 0 bridgehead atoms. The Morgan fingerprint density at radius 1 is 1.00 bits per heavy atom. The van der Waals surface area contributed by atoms with E-state index in [1.54, 1.807) is 12.3 Å². The molecule has 4 rings (SSSR count). The normalized spacial score (nSPS) is 13.4. The Bertz CT molecular complexity index is 1300. The number of carbonyl (C=O) groups excluding carboxylic acids is 1. The van der Waals surface area contributed by atoms with Crippen molar-refractivity contribution in [3.05, 3.63) is 36.5 Å². The third kappa shape index (κ3) is 10.5. The molecule has 1 fully saturated rings. The first-order chi connectivity index (χ1) is 19.1. The minimum absolute atomic E-state index is 0.138. The zero-order chi connectivity index (χ0) is 30.8. The zero-order valence-electron chi connectivity index (χ0n) is 20.9. The Hall–Kier alpha value is -4.61. The highest BCUT2D eigenvalue weighted by atomic mass is 19.4. The number of halogens is 6. The lowest BCUT2D eigenvalue weighted by molar-refractivity contribution is -0.193. The summed E-state index contributed by atoms with van der Waals surface area (Å²) < 4.78 is 68.8. The number of amides is 1. The molecule has 1 saturated heterocycles. The predicted octanol–water partition coefficient (Wildman–Crippen LogP) is 3.13. The number of aromatic amines is 1. The predicted molar refractivity (Wildman–Crippen MR) is 132 cm³/mol. The first-order valence-electron chi connectivity index (χ1n) is 11.5. The molecule has 12 nitrogen and oxygen atoms in total. The van der Waals surface area contributed by atoms with Crippen LogP contribution in [0.5, 0.6) is 0 Å². The maximum absolute atomic E-state index is 12.3. The molecule has 0 aliphatic carbocycles. The Balaban J connectivity index is 0.000000349. The van der Waals surface area contributed by atoms with Gasteiger partial charge in [-0.15, -0.1) is 0 Å². The van der Waals surface area contributed by atoms with Crippen LogP contribution in [0.1, 0.15) is 6.42 Å². The number of hydrogen-bond donors (Lipinski definition) is 5. The molecule has 0 saturated carbocycles. The number of anilines is 2. The summed E-state index contributed by atoms with van der Waals surface area (Å²) in [5, 5.41) is 25.5. The largest absolute Gasteiger partial charge is 0.490 e. The van der Waals surface area contributed by atoms with Gasteiger partial charge in [-0.1, -0.05) is 12.1 Å². The minimum Gasteiger partial charge on any atom is -0.475 e. The van der Waals surface area contributed by atoms with Crippen molar-refractivity contribution in [2.45, 2.75) is 18.8 Å². The maximum Gasteiger partial charge on any atom is 0.490 e. The van der Waals surface area contributed by atoms with E-state index in [9.17, 15) is 31.1 Å². The van der Waals surface area contributed by atoms with E-state index in [1.165, 1.54) is 0 Å². The van der Waals surface area contributed by atoms with Crippen LogP contribution in [0.15, 0.2) is 36.5 Å². The highest BCUT2D eigenvalue weighted by molar-refractivity contribution is 5.95. The number of nitrogens with two attached hydrogens (primary N) is 1. The number of ether oxygens (including phenoxy) is 1. The average molecular weight is 594 g/mol. The Morgan fingerprint density at radius 2 is 1.59 bits per heavy atom. The quantitative estimate of drug-likeness (QED) is 0.275. The van der Waals surface area contributed by atoms with Crippen molar-refractivity contribution in [2.75, 3.05) is 43.9 Å². The van der Waals surface area contributed by atoms with E-state index in [-0.39, 0.29) is 5.91 Å². The molecule has 0 atom stereocenters. The van der Waals surface area contributed by atoms with Crippen molar-refractivity contribution in [2.24, 2.45) is 0 Å². The van der Waals surface area contributed by atoms with Gasteiger partial charge in [0.1, 0.15) is 5.82 Å². The summed E-state index contributed by atoms with van der Waals surface area (Å²) >= 11 is 0. The van der Waals surface area contributed by atoms with Gasteiger partial charge >= 0.3 is 24.3 Å². The van der Waals surface area contributed by atoms with Crippen molar-refractivity contribution in [1.82, 2.24) is 20.1 Å². The van der Waals surface area contributed by atoms with E-state index in [0.717, 1.165) is 27.8 Å². The van der Waals surface area contributed by atoms with E-state index in [2.05, 4.69) is 20.5 Å². The highest BCUT2D eigenvalue weighted by Crippen LogP contribution is 2.28. The van der Waals surface area contributed by atoms with Crippen molar-refractivity contribution in [3.63, 3.8) is 0 Å². The Kier molecular flexibility index (Phi) is 11.3. The van der Waals surface area contributed by atoms with Crippen molar-refractivity contribution < 1.29 is 55.7 Å². The van der Waals surface area contributed by atoms with E-state index in [0.29, 0.717) is 45.1 Å². The van der Waals surface area contributed by atoms with E-state index in [1.807, 2.05) is 29.2 Å². The van der Waals surface area contributed by atoms with Gasteiger partial charge in [-0.25, -0.2) is 14.6 Å². The number of rotatable bonds is 5. The number of hydrogen-bond acceptors (Lipinski definition) is 8. The number of H-pyrrole nitrogens is 1. The molecule has 1 aliphatic heterocycles. The van der Waals surface area contributed by atoms with Gasteiger partial charge in [-0.3, -0.25) is 9.89 Å². The Morgan fingerprint density at radius 3 is 2.10 bits per heavy atom. The van der Waals surface area contributed by atoms with Crippen LogP contribution in [0.2, 0.25) is 0 Å². The summed E-state index contributed by atoms with van der Waals surface area (Å²) in [7, 11) is 0.